The molecule has 1 heterocycles. The number of hydrogen-bond donors (Lipinski definition) is 0. The smallest absolute Gasteiger partial charge is 1.00 e. The topological polar surface area (TPSA) is 37.6 Å². The summed E-state index contributed by atoms with van der Waals surface area (Å²) in [7, 11) is 0. The van der Waals surface area contributed by atoms with E-state index in [4.69, 9.17) is 15.0 Å². The molecule has 0 N–H and O–H groups in total. The minimum Gasteiger partial charge on any atom is -1.00 e. The largest absolute Gasteiger partial charge is 3.00 e. The van der Waals surface area contributed by atoms with Crippen LogP contribution in [0.1, 0.15) is 41.9 Å². The Balaban J connectivity index is 0. The quantitative estimate of drug-likeness (QED) is 0.299. The molecular formula is C24H25Cl3N3Nd. The SMILES string of the molecule is CC(=Nc1ccc(C)cc1)c1cc(C)cc(C(C)=Nc2ccc(C)cc2)n1.[Cl-].[Cl-].[Cl-].[Nd+3]. The van der Waals surface area contributed by atoms with Crippen LogP contribution in [0.5, 0.6) is 0 Å². The first kappa shape index (κ1) is 32.3. The number of hydrogen-bond acceptors (Lipinski definition) is 3. The second kappa shape index (κ2) is 15.1. The number of aryl methyl sites for hydroxylation is 3. The maximum atomic E-state index is 4.80. The van der Waals surface area contributed by atoms with Gasteiger partial charge in [0.25, 0.3) is 0 Å². The Morgan fingerprint density at radius 3 is 1.23 bits per heavy atom. The summed E-state index contributed by atoms with van der Waals surface area (Å²) in [5.74, 6) is 0. The zero-order valence-electron chi connectivity index (χ0n) is 18.2. The number of rotatable bonds is 4. The first-order valence-corrected chi connectivity index (χ1v) is 9.14. The first-order chi connectivity index (χ1) is 12.9. The minimum atomic E-state index is 0. The molecular weight excluding hydrogens is 581 g/mol. The van der Waals surface area contributed by atoms with Crippen LogP contribution in [0.15, 0.2) is 70.6 Å². The van der Waals surface area contributed by atoms with Crippen molar-refractivity contribution in [1.82, 2.24) is 4.98 Å². The second-order valence-corrected chi connectivity index (χ2v) is 6.98. The molecule has 2 aromatic carbocycles. The molecule has 3 rings (SSSR count). The van der Waals surface area contributed by atoms with Crippen LogP contribution >= 0.6 is 0 Å². The van der Waals surface area contributed by atoms with Gasteiger partial charge in [0.15, 0.2) is 0 Å². The molecule has 0 amide bonds. The average molecular weight is 606 g/mol. The molecule has 0 spiro atoms. The Bertz CT molecular complexity index is 935. The molecule has 1 radical (unpaired) electrons. The van der Waals surface area contributed by atoms with Crippen molar-refractivity contribution in [2.75, 3.05) is 0 Å². The fraction of sp³-hybridized carbons (Fsp3) is 0.208. The van der Waals surface area contributed by atoms with Crippen molar-refractivity contribution in [1.29, 1.82) is 0 Å². The number of halogens is 3. The van der Waals surface area contributed by atoms with E-state index in [2.05, 4.69) is 57.2 Å². The summed E-state index contributed by atoms with van der Waals surface area (Å²) in [5, 5.41) is 0. The van der Waals surface area contributed by atoms with Gasteiger partial charge in [0.2, 0.25) is 0 Å². The molecule has 1 aromatic heterocycles. The molecule has 0 fully saturated rings. The molecule has 0 saturated carbocycles. The van der Waals surface area contributed by atoms with Gasteiger partial charge in [0.05, 0.1) is 34.2 Å². The van der Waals surface area contributed by atoms with Crippen LogP contribution in [0.3, 0.4) is 0 Å². The fourth-order valence-corrected chi connectivity index (χ4v) is 2.78. The van der Waals surface area contributed by atoms with Crippen LogP contribution in [0.25, 0.3) is 0 Å². The fourth-order valence-electron chi connectivity index (χ4n) is 2.78. The molecule has 0 saturated heterocycles. The number of benzene rings is 2. The van der Waals surface area contributed by atoms with Crippen LogP contribution < -0.4 is 37.2 Å². The van der Waals surface area contributed by atoms with Gasteiger partial charge in [-0.3, -0.25) is 9.98 Å². The zero-order valence-corrected chi connectivity index (χ0v) is 23.7. The van der Waals surface area contributed by atoms with Gasteiger partial charge in [-0.1, -0.05) is 35.4 Å². The van der Waals surface area contributed by atoms with Gasteiger partial charge in [0, 0.05) is 0 Å². The molecule has 0 aliphatic carbocycles. The Kier molecular flexibility index (Phi) is 15.7. The van der Waals surface area contributed by atoms with Gasteiger partial charge in [0.1, 0.15) is 0 Å². The van der Waals surface area contributed by atoms with Crippen LogP contribution in [0, 0.1) is 61.6 Å². The third-order valence-electron chi connectivity index (χ3n) is 4.37. The van der Waals surface area contributed by atoms with Crippen molar-refractivity contribution >= 4 is 22.8 Å². The molecule has 31 heavy (non-hydrogen) atoms. The molecule has 7 heteroatoms. The summed E-state index contributed by atoms with van der Waals surface area (Å²) < 4.78 is 0. The Morgan fingerprint density at radius 1 is 0.581 bits per heavy atom. The molecule has 3 nitrogen and oxygen atoms in total. The van der Waals surface area contributed by atoms with Crippen LogP contribution in [0.4, 0.5) is 11.4 Å². The van der Waals surface area contributed by atoms with E-state index in [1.54, 1.807) is 0 Å². The molecule has 0 bridgehead atoms. The Morgan fingerprint density at radius 2 is 0.903 bits per heavy atom. The molecule has 161 valence electrons. The summed E-state index contributed by atoms with van der Waals surface area (Å²) in [6.45, 7) is 10.2. The van der Waals surface area contributed by atoms with Gasteiger partial charge in [-0.2, -0.15) is 0 Å². The predicted octanol–water partition coefficient (Wildman–Crippen LogP) is -2.70. The first-order valence-electron chi connectivity index (χ1n) is 9.14. The van der Waals surface area contributed by atoms with Gasteiger partial charge >= 0.3 is 40.8 Å². The maximum absolute atomic E-state index is 4.80. The summed E-state index contributed by atoms with van der Waals surface area (Å²) in [6, 6.07) is 20.5. The number of nitrogens with zero attached hydrogens (tertiary/aromatic N) is 3. The van der Waals surface area contributed by atoms with E-state index in [1.165, 1.54) is 11.1 Å². The maximum Gasteiger partial charge on any atom is 3.00 e. The standard InChI is InChI=1S/C24H25N3.3ClH.Nd/c1-16-6-10-21(11-7-16)25-19(4)23-14-18(3)15-24(27-23)20(5)26-22-12-8-17(2)9-13-22;;;;/h6-15H,1-5H3;3*1H;/q;;;;+3/p-3. The van der Waals surface area contributed by atoms with E-state index in [0.717, 1.165) is 39.7 Å². The summed E-state index contributed by atoms with van der Waals surface area (Å²) in [4.78, 5) is 14.2. The Hall–Kier alpha value is -0.849. The van der Waals surface area contributed by atoms with E-state index < -0.39 is 0 Å². The van der Waals surface area contributed by atoms with Gasteiger partial charge < -0.3 is 37.2 Å². The summed E-state index contributed by atoms with van der Waals surface area (Å²) in [5.41, 5.74) is 9.02. The third kappa shape index (κ3) is 9.67. The van der Waals surface area contributed by atoms with E-state index in [-0.39, 0.29) is 78.1 Å². The van der Waals surface area contributed by atoms with E-state index >= 15 is 0 Å². The monoisotopic (exact) mass is 602 g/mol. The van der Waals surface area contributed by atoms with Crippen molar-refractivity contribution in [2.24, 2.45) is 9.98 Å². The van der Waals surface area contributed by atoms with E-state index in [9.17, 15) is 0 Å². The predicted molar refractivity (Wildman–Crippen MR) is 115 cm³/mol. The average Bonchev–Trinajstić information content (AvgIpc) is 2.65. The molecule has 0 unspecified atom stereocenters. The van der Waals surface area contributed by atoms with E-state index in [1.807, 2.05) is 38.1 Å². The number of aromatic nitrogens is 1. The van der Waals surface area contributed by atoms with Crippen molar-refractivity contribution in [3.05, 3.63) is 88.7 Å². The van der Waals surface area contributed by atoms with Crippen LogP contribution in [-0.4, -0.2) is 16.4 Å². The van der Waals surface area contributed by atoms with Crippen molar-refractivity contribution < 1.29 is 78.1 Å². The number of pyridine rings is 1. The number of aliphatic imine (C=N–C) groups is 2. The second-order valence-electron chi connectivity index (χ2n) is 6.98. The van der Waals surface area contributed by atoms with Gasteiger partial charge in [-0.15, -0.1) is 0 Å². The normalized spacial score (nSPS) is 10.7. The van der Waals surface area contributed by atoms with Crippen LogP contribution in [-0.2, 0) is 0 Å². The van der Waals surface area contributed by atoms with Crippen LogP contribution in [0.2, 0.25) is 0 Å². The molecule has 0 aliphatic rings. The van der Waals surface area contributed by atoms with Gasteiger partial charge in [-0.05, 0) is 76.6 Å². The molecule has 3 aromatic rings. The summed E-state index contributed by atoms with van der Waals surface area (Å²) in [6.07, 6.45) is 0. The zero-order chi connectivity index (χ0) is 19.4. The summed E-state index contributed by atoms with van der Waals surface area (Å²) >= 11 is 0. The van der Waals surface area contributed by atoms with E-state index in [0.29, 0.717) is 0 Å². The molecule has 0 atom stereocenters. The molecule has 0 aliphatic heterocycles. The van der Waals surface area contributed by atoms with Gasteiger partial charge in [-0.25, -0.2) is 4.98 Å². The minimum absolute atomic E-state index is 0. The Labute approximate surface area is 237 Å². The van der Waals surface area contributed by atoms with Crippen molar-refractivity contribution in [2.45, 2.75) is 34.6 Å². The van der Waals surface area contributed by atoms with Crippen molar-refractivity contribution in [3.63, 3.8) is 0 Å². The van der Waals surface area contributed by atoms with Crippen molar-refractivity contribution in [3.8, 4) is 0 Å². The third-order valence-corrected chi connectivity index (χ3v) is 4.37.